The molecule has 4 aliphatic carbocycles. The lowest BCUT2D eigenvalue weighted by Crippen LogP contribution is -2.50. The SMILES string of the molecule is C[C@H]1CCC2C3CCC4CCCCC4(C)C3CCC21. The first-order valence-electron chi connectivity index (χ1n) is 9.20. The zero-order valence-electron chi connectivity index (χ0n) is 13.0. The Labute approximate surface area is 119 Å². The summed E-state index contributed by atoms with van der Waals surface area (Å²) in [5.74, 6) is 6.63. The molecule has 19 heavy (non-hydrogen) atoms. The maximum absolute atomic E-state index is 2.70. The van der Waals surface area contributed by atoms with Crippen molar-refractivity contribution >= 4 is 0 Å². The van der Waals surface area contributed by atoms with Crippen molar-refractivity contribution < 1.29 is 0 Å². The Morgan fingerprint density at radius 2 is 1.53 bits per heavy atom. The van der Waals surface area contributed by atoms with Crippen LogP contribution < -0.4 is 0 Å². The van der Waals surface area contributed by atoms with Gasteiger partial charge in [-0.05, 0) is 85.9 Å². The van der Waals surface area contributed by atoms with Gasteiger partial charge in [0.25, 0.3) is 0 Å². The van der Waals surface area contributed by atoms with Crippen molar-refractivity contribution in [3.8, 4) is 0 Å². The lowest BCUT2D eigenvalue weighted by molar-refractivity contribution is -0.0863. The summed E-state index contributed by atoms with van der Waals surface area (Å²) < 4.78 is 0. The van der Waals surface area contributed by atoms with E-state index in [2.05, 4.69) is 13.8 Å². The van der Waals surface area contributed by atoms with Crippen LogP contribution in [0.4, 0.5) is 0 Å². The van der Waals surface area contributed by atoms with E-state index in [4.69, 9.17) is 0 Å². The second kappa shape index (κ2) is 4.50. The van der Waals surface area contributed by atoms with Crippen LogP contribution in [0.25, 0.3) is 0 Å². The molecular formula is C19H32. The molecule has 7 atom stereocenters. The molecule has 0 heteroatoms. The van der Waals surface area contributed by atoms with E-state index in [9.17, 15) is 0 Å². The minimum Gasteiger partial charge on any atom is -0.0622 e. The molecule has 0 aromatic rings. The fourth-order valence-electron chi connectivity index (χ4n) is 7.24. The predicted molar refractivity (Wildman–Crippen MR) is 80.9 cm³/mol. The summed E-state index contributed by atoms with van der Waals surface area (Å²) in [4.78, 5) is 0. The Balaban J connectivity index is 1.61. The summed E-state index contributed by atoms with van der Waals surface area (Å²) in [6, 6.07) is 0. The molecule has 0 N–H and O–H groups in total. The monoisotopic (exact) mass is 260 g/mol. The van der Waals surface area contributed by atoms with Gasteiger partial charge in [-0.25, -0.2) is 0 Å². The van der Waals surface area contributed by atoms with Gasteiger partial charge in [0, 0.05) is 0 Å². The van der Waals surface area contributed by atoms with Gasteiger partial charge in [-0.2, -0.15) is 0 Å². The molecule has 0 bridgehead atoms. The molecule has 0 amide bonds. The van der Waals surface area contributed by atoms with Crippen LogP contribution in [-0.4, -0.2) is 0 Å². The third kappa shape index (κ3) is 1.77. The topological polar surface area (TPSA) is 0 Å². The summed E-state index contributed by atoms with van der Waals surface area (Å²) >= 11 is 0. The summed E-state index contributed by atoms with van der Waals surface area (Å²) in [6.07, 6.45) is 15.6. The predicted octanol–water partition coefficient (Wildman–Crippen LogP) is 5.67. The van der Waals surface area contributed by atoms with Gasteiger partial charge in [-0.3, -0.25) is 0 Å². The first kappa shape index (κ1) is 12.7. The van der Waals surface area contributed by atoms with Crippen molar-refractivity contribution in [2.75, 3.05) is 0 Å². The van der Waals surface area contributed by atoms with Gasteiger partial charge in [0.05, 0.1) is 0 Å². The van der Waals surface area contributed by atoms with Crippen molar-refractivity contribution in [1.82, 2.24) is 0 Å². The smallest absolute Gasteiger partial charge is 0.0266 e. The van der Waals surface area contributed by atoms with E-state index < -0.39 is 0 Å². The highest BCUT2D eigenvalue weighted by Gasteiger charge is 2.54. The molecule has 4 saturated carbocycles. The van der Waals surface area contributed by atoms with E-state index in [1.807, 2.05) is 0 Å². The first-order valence-corrected chi connectivity index (χ1v) is 9.20. The largest absolute Gasteiger partial charge is 0.0622 e. The second-order valence-electron chi connectivity index (χ2n) is 8.76. The molecule has 0 aromatic heterocycles. The van der Waals surface area contributed by atoms with Crippen LogP contribution >= 0.6 is 0 Å². The van der Waals surface area contributed by atoms with E-state index in [1.54, 1.807) is 51.4 Å². The molecule has 0 heterocycles. The van der Waals surface area contributed by atoms with Crippen LogP contribution in [0.1, 0.15) is 78.1 Å². The Kier molecular flexibility index (Phi) is 3.01. The van der Waals surface area contributed by atoms with Gasteiger partial charge < -0.3 is 0 Å². The molecule has 0 spiro atoms. The summed E-state index contributed by atoms with van der Waals surface area (Å²) in [7, 11) is 0. The highest BCUT2D eigenvalue weighted by molar-refractivity contribution is 5.04. The van der Waals surface area contributed by atoms with E-state index in [0.29, 0.717) is 0 Å². The fourth-order valence-corrected chi connectivity index (χ4v) is 7.24. The van der Waals surface area contributed by atoms with E-state index in [0.717, 1.165) is 40.9 Å². The van der Waals surface area contributed by atoms with E-state index in [1.165, 1.54) is 12.8 Å². The molecule has 6 unspecified atom stereocenters. The number of fused-ring (bicyclic) bond motifs is 5. The van der Waals surface area contributed by atoms with Gasteiger partial charge >= 0.3 is 0 Å². The average molecular weight is 260 g/mol. The quantitative estimate of drug-likeness (QED) is 0.527. The van der Waals surface area contributed by atoms with Crippen LogP contribution in [0.2, 0.25) is 0 Å². The van der Waals surface area contributed by atoms with Gasteiger partial charge in [-0.15, -0.1) is 0 Å². The molecule has 0 aliphatic heterocycles. The lowest BCUT2D eigenvalue weighted by atomic mass is 9.47. The third-order valence-corrected chi connectivity index (χ3v) is 8.26. The third-order valence-electron chi connectivity index (χ3n) is 8.26. The zero-order chi connectivity index (χ0) is 13.0. The van der Waals surface area contributed by atoms with Gasteiger partial charge in [0.2, 0.25) is 0 Å². The Bertz CT molecular complexity index is 346. The second-order valence-corrected chi connectivity index (χ2v) is 8.76. The molecule has 0 saturated heterocycles. The average Bonchev–Trinajstić information content (AvgIpc) is 2.80. The van der Waals surface area contributed by atoms with Crippen molar-refractivity contribution in [3.63, 3.8) is 0 Å². The van der Waals surface area contributed by atoms with Crippen LogP contribution in [0.3, 0.4) is 0 Å². The Morgan fingerprint density at radius 3 is 2.42 bits per heavy atom. The van der Waals surface area contributed by atoms with Crippen molar-refractivity contribution in [2.24, 2.45) is 40.9 Å². The lowest BCUT2D eigenvalue weighted by Gasteiger charge is -2.58. The fraction of sp³-hybridized carbons (Fsp3) is 1.00. The minimum atomic E-state index is 0.748. The van der Waals surface area contributed by atoms with Crippen molar-refractivity contribution in [3.05, 3.63) is 0 Å². The van der Waals surface area contributed by atoms with Crippen LogP contribution in [0, 0.1) is 40.9 Å². The number of hydrogen-bond donors (Lipinski definition) is 0. The zero-order valence-corrected chi connectivity index (χ0v) is 13.0. The molecule has 4 rings (SSSR count). The van der Waals surface area contributed by atoms with Gasteiger partial charge in [0.15, 0.2) is 0 Å². The van der Waals surface area contributed by atoms with Gasteiger partial charge in [-0.1, -0.05) is 33.1 Å². The summed E-state index contributed by atoms with van der Waals surface area (Å²) in [6.45, 7) is 5.24. The normalized spacial score (nSPS) is 57.2. The molecule has 0 radical (unpaired) electrons. The van der Waals surface area contributed by atoms with Crippen LogP contribution in [-0.2, 0) is 0 Å². The molecule has 0 nitrogen and oxygen atoms in total. The Hall–Kier alpha value is 0. The number of rotatable bonds is 0. The molecule has 4 aliphatic rings. The number of hydrogen-bond acceptors (Lipinski definition) is 0. The minimum absolute atomic E-state index is 0.748. The van der Waals surface area contributed by atoms with Gasteiger partial charge in [0.1, 0.15) is 0 Å². The molecule has 4 fully saturated rings. The highest BCUT2D eigenvalue weighted by Crippen LogP contribution is 2.63. The van der Waals surface area contributed by atoms with Crippen LogP contribution in [0.5, 0.6) is 0 Å². The highest BCUT2D eigenvalue weighted by atomic mass is 14.6. The van der Waals surface area contributed by atoms with E-state index >= 15 is 0 Å². The molecular weight excluding hydrogens is 228 g/mol. The summed E-state index contributed by atoms with van der Waals surface area (Å²) in [5, 5.41) is 0. The molecule has 0 aromatic carbocycles. The van der Waals surface area contributed by atoms with Crippen molar-refractivity contribution in [2.45, 2.75) is 78.1 Å². The van der Waals surface area contributed by atoms with E-state index in [-0.39, 0.29) is 0 Å². The Morgan fingerprint density at radius 1 is 0.737 bits per heavy atom. The van der Waals surface area contributed by atoms with Crippen molar-refractivity contribution in [1.29, 1.82) is 0 Å². The maximum Gasteiger partial charge on any atom is -0.0266 e. The maximum atomic E-state index is 2.70. The van der Waals surface area contributed by atoms with Crippen LogP contribution in [0.15, 0.2) is 0 Å². The standard InChI is InChI=1S/C19H32/c1-13-6-8-16-15(13)10-11-18-17(16)9-7-14-5-3-4-12-19(14,18)2/h13-18H,3-12H2,1-2H3/t13-,14?,15?,16?,17?,18?,19?/m0/s1. The summed E-state index contributed by atoms with van der Waals surface area (Å²) in [5.41, 5.74) is 0.748. The molecule has 108 valence electrons. The first-order chi connectivity index (χ1) is 9.20.